The molecule has 0 saturated heterocycles. The minimum Gasteiger partial charge on any atom is -0.490 e. The van der Waals surface area contributed by atoms with Gasteiger partial charge in [-0.05, 0) is 42.9 Å². The average Bonchev–Trinajstić information content (AvgIpc) is 2.20. The third kappa shape index (κ3) is 4.26. The molecule has 0 spiro atoms. The average molecular weight is 220 g/mol. The van der Waals surface area contributed by atoms with E-state index < -0.39 is 0 Å². The maximum Gasteiger partial charge on any atom is 0.119 e. The fraction of sp³-hybridized carbons (Fsp3) is 0.600. The fourth-order valence-electron chi connectivity index (χ4n) is 1.53. The molecule has 0 saturated carbocycles. The molecule has 0 radical (unpaired) electrons. The standard InChI is InChI=1S/C15H24O/c1-11(2)10-14-6-8-15(9-7-14)16-13(5)12(3)4/h6-9,11-13H,10H2,1-5H3/t13-/m1/s1. The summed E-state index contributed by atoms with van der Waals surface area (Å²) in [5.41, 5.74) is 1.39. The van der Waals surface area contributed by atoms with Crippen molar-refractivity contribution in [1.82, 2.24) is 0 Å². The highest BCUT2D eigenvalue weighted by Crippen LogP contribution is 2.18. The second-order valence-corrected chi connectivity index (χ2v) is 5.31. The Morgan fingerprint density at radius 3 is 1.94 bits per heavy atom. The van der Waals surface area contributed by atoms with Crippen molar-refractivity contribution in [2.45, 2.75) is 47.1 Å². The molecule has 0 aliphatic carbocycles. The molecule has 90 valence electrons. The van der Waals surface area contributed by atoms with Gasteiger partial charge in [0.15, 0.2) is 0 Å². The van der Waals surface area contributed by atoms with Gasteiger partial charge in [-0.3, -0.25) is 0 Å². The van der Waals surface area contributed by atoms with Crippen LogP contribution in [0, 0.1) is 11.8 Å². The van der Waals surface area contributed by atoms with Gasteiger partial charge < -0.3 is 4.74 Å². The molecule has 0 fully saturated rings. The minimum atomic E-state index is 0.274. The van der Waals surface area contributed by atoms with Gasteiger partial charge in [0, 0.05) is 0 Å². The lowest BCUT2D eigenvalue weighted by atomic mass is 10.0. The van der Waals surface area contributed by atoms with Crippen LogP contribution in [0.3, 0.4) is 0 Å². The molecule has 1 rings (SSSR count). The SMILES string of the molecule is CC(C)Cc1ccc(O[C@H](C)C(C)C)cc1. The molecule has 0 aliphatic rings. The van der Waals surface area contributed by atoms with E-state index in [9.17, 15) is 0 Å². The number of benzene rings is 1. The first-order valence-electron chi connectivity index (χ1n) is 6.24. The Labute approximate surface area is 99.8 Å². The molecule has 1 aromatic carbocycles. The van der Waals surface area contributed by atoms with Crippen LogP contribution in [0.15, 0.2) is 24.3 Å². The lowest BCUT2D eigenvalue weighted by Gasteiger charge is -2.18. The van der Waals surface area contributed by atoms with Crippen LogP contribution in [0.2, 0.25) is 0 Å². The summed E-state index contributed by atoms with van der Waals surface area (Å²) in [4.78, 5) is 0. The van der Waals surface area contributed by atoms with Gasteiger partial charge in [-0.25, -0.2) is 0 Å². The van der Waals surface area contributed by atoms with E-state index in [2.05, 4.69) is 58.9 Å². The normalized spacial score (nSPS) is 13.2. The van der Waals surface area contributed by atoms with Crippen molar-refractivity contribution in [2.75, 3.05) is 0 Å². The quantitative estimate of drug-likeness (QED) is 0.718. The van der Waals surface area contributed by atoms with Gasteiger partial charge in [0.1, 0.15) is 5.75 Å². The summed E-state index contributed by atoms with van der Waals surface area (Å²) in [5.74, 6) is 2.24. The molecule has 16 heavy (non-hydrogen) atoms. The van der Waals surface area contributed by atoms with E-state index in [0.29, 0.717) is 11.8 Å². The van der Waals surface area contributed by atoms with Gasteiger partial charge in [0.25, 0.3) is 0 Å². The largest absolute Gasteiger partial charge is 0.490 e. The molecule has 0 aromatic heterocycles. The number of hydrogen-bond donors (Lipinski definition) is 0. The summed E-state index contributed by atoms with van der Waals surface area (Å²) in [6.07, 6.45) is 1.41. The Bertz CT molecular complexity index is 298. The van der Waals surface area contributed by atoms with Crippen LogP contribution in [0.1, 0.15) is 40.2 Å². The highest BCUT2D eigenvalue weighted by atomic mass is 16.5. The molecule has 1 aromatic rings. The predicted octanol–water partition coefficient (Wildman–Crippen LogP) is 4.31. The van der Waals surface area contributed by atoms with E-state index in [1.54, 1.807) is 0 Å². The van der Waals surface area contributed by atoms with Crippen molar-refractivity contribution in [3.05, 3.63) is 29.8 Å². The van der Waals surface area contributed by atoms with E-state index in [4.69, 9.17) is 4.74 Å². The van der Waals surface area contributed by atoms with Crippen molar-refractivity contribution in [3.63, 3.8) is 0 Å². The monoisotopic (exact) mass is 220 g/mol. The zero-order valence-corrected chi connectivity index (χ0v) is 11.2. The van der Waals surface area contributed by atoms with Gasteiger partial charge in [0.05, 0.1) is 6.10 Å². The zero-order valence-electron chi connectivity index (χ0n) is 11.2. The molecule has 1 atom stereocenters. The summed E-state index contributed by atoms with van der Waals surface area (Å²) >= 11 is 0. The Morgan fingerprint density at radius 2 is 1.50 bits per heavy atom. The topological polar surface area (TPSA) is 9.23 Å². The lowest BCUT2D eigenvalue weighted by Crippen LogP contribution is -2.18. The summed E-state index contributed by atoms with van der Waals surface area (Å²) in [6, 6.07) is 8.50. The van der Waals surface area contributed by atoms with Gasteiger partial charge in [-0.1, -0.05) is 39.8 Å². The van der Waals surface area contributed by atoms with E-state index in [1.807, 2.05) is 0 Å². The second kappa shape index (κ2) is 5.93. The molecule has 0 N–H and O–H groups in total. The molecular weight excluding hydrogens is 196 g/mol. The summed E-state index contributed by atoms with van der Waals surface area (Å²) in [5, 5.41) is 0. The van der Waals surface area contributed by atoms with E-state index >= 15 is 0 Å². The summed E-state index contributed by atoms with van der Waals surface area (Å²) < 4.78 is 5.84. The van der Waals surface area contributed by atoms with Crippen molar-refractivity contribution in [3.8, 4) is 5.75 Å². The Balaban J connectivity index is 2.57. The molecule has 1 nitrogen and oxygen atoms in total. The van der Waals surface area contributed by atoms with Crippen LogP contribution in [-0.2, 0) is 6.42 Å². The molecule has 1 heteroatoms. The van der Waals surface area contributed by atoms with Crippen LogP contribution in [0.4, 0.5) is 0 Å². The van der Waals surface area contributed by atoms with Gasteiger partial charge >= 0.3 is 0 Å². The second-order valence-electron chi connectivity index (χ2n) is 5.31. The van der Waals surface area contributed by atoms with Crippen molar-refractivity contribution >= 4 is 0 Å². The van der Waals surface area contributed by atoms with Crippen molar-refractivity contribution in [2.24, 2.45) is 11.8 Å². The van der Waals surface area contributed by atoms with Crippen LogP contribution >= 0.6 is 0 Å². The van der Waals surface area contributed by atoms with Crippen LogP contribution in [0.5, 0.6) is 5.75 Å². The highest BCUT2D eigenvalue weighted by molar-refractivity contribution is 5.27. The third-order valence-corrected chi connectivity index (χ3v) is 2.83. The Hall–Kier alpha value is -0.980. The minimum absolute atomic E-state index is 0.274. The molecule has 0 unspecified atom stereocenters. The lowest BCUT2D eigenvalue weighted by molar-refractivity contribution is 0.170. The maximum absolute atomic E-state index is 5.84. The van der Waals surface area contributed by atoms with E-state index in [1.165, 1.54) is 5.56 Å². The molecule has 0 aliphatic heterocycles. The van der Waals surface area contributed by atoms with Gasteiger partial charge in [-0.2, -0.15) is 0 Å². The third-order valence-electron chi connectivity index (χ3n) is 2.83. The first-order valence-corrected chi connectivity index (χ1v) is 6.24. The van der Waals surface area contributed by atoms with Crippen LogP contribution < -0.4 is 4.74 Å². The van der Waals surface area contributed by atoms with Crippen LogP contribution in [-0.4, -0.2) is 6.10 Å². The fourth-order valence-corrected chi connectivity index (χ4v) is 1.53. The number of rotatable bonds is 5. The van der Waals surface area contributed by atoms with E-state index in [-0.39, 0.29) is 6.10 Å². The Kier molecular flexibility index (Phi) is 4.85. The van der Waals surface area contributed by atoms with E-state index in [0.717, 1.165) is 12.2 Å². The van der Waals surface area contributed by atoms with Gasteiger partial charge in [-0.15, -0.1) is 0 Å². The predicted molar refractivity (Wildman–Crippen MR) is 69.9 cm³/mol. The summed E-state index contributed by atoms with van der Waals surface area (Å²) in [6.45, 7) is 11.0. The first-order chi connectivity index (χ1) is 7.49. The maximum atomic E-state index is 5.84. The smallest absolute Gasteiger partial charge is 0.119 e. The number of hydrogen-bond acceptors (Lipinski definition) is 1. The van der Waals surface area contributed by atoms with Crippen molar-refractivity contribution in [1.29, 1.82) is 0 Å². The zero-order chi connectivity index (χ0) is 12.1. The molecular formula is C15H24O. The van der Waals surface area contributed by atoms with Crippen LogP contribution in [0.25, 0.3) is 0 Å². The first kappa shape index (κ1) is 13.1. The number of ether oxygens (including phenoxy) is 1. The summed E-state index contributed by atoms with van der Waals surface area (Å²) in [7, 11) is 0. The highest BCUT2D eigenvalue weighted by Gasteiger charge is 2.08. The Morgan fingerprint density at radius 1 is 0.938 bits per heavy atom. The van der Waals surface area contributed by atoms with Crippen molar-refractivity contribution < 1.29 is 4.74 Å². The molecule has 0 amide bonds. The molecule has 0 heterocycles. The molecule has 0 bridgehead atoms. The van der Waals surface area contributed by atoms with Gasteiger partial charge in [0.2, 0.25) is 0 Å².